The number of anilines is 1. The summed E-state index contributed by atoms with van der Waals surface area (Å²) in [7, 11) is 1.77. The Kier molecular flexibility index (Phi) is 5.69. The summed E-state index contributed by atoms with van der Waals surface area (Å²) in [6.07, 6.45) is 0. The van der Waals surface area contributed by atoms with Crippen LogP contribution in [0.1, 0.15) is 12.5 Å². The molecule has 2 rings (SSSR count). The Morgan fingerprint density at radius 1 is 1.26 bits per heavy atom. The van der Waals surface area contributed by atoms with Crippen LogP contribution >= 0.6 is 11.6 Å². The van der Waals surface area contributed by atoms with Crippen LogP contribution in [0.15, 0.2) is 42.5 Å². The highest BCUT2D eigenvalue weighted by Crippen LogP contribution is 2.17. The van der Waals surface area contributed by atoms with Crippen molar-refractivity contribution >= 4 is 23.2 Å². The van der Waals surface area contributed by atoms with Crippen LogP contribution in [0.25, 0.3) is 0 Å². The maximum atomic E-state index is 13.6. The van der Waals surface area contributed by atoms with E-state index in [0.717, 1.165) is 23.8 Å². The van der Waals surface area contributed by atoms with Gasteiger partial charge in [-0.05, 0) is 43.8 Å². The third-order valence-electron chi connectivity index (χ3n) is 3.55. The number of amides is 1. The second kappa shape index (κ2) is 7.53. The van der Waals surface area contributed by atoms with Crippen molar-refractivity contribution in [3.05, 3.63) is 64.7 Å². The van der Waals surface area contributed by atoms with Gasteiger partial charge in [0, 0.05) is 17.6 Å². The summed E-state index contributed by atoms with van der Waals surface area (Å²) >= 11 is 5.93. The molecule has 1 amide bonds. The molecule has 0 saturated carbocycles. The third-order valence-corrected chi connectivity index (χ3v) is 3.78. The van der Waals surface area contributed by atoms with Gasteiger partial charge in [-0.3, -0.25) is 9.69 Å². The van der Waals surface area contributed by atoms with Crippen LogP contribution in [0, 0.1) is 11.6 Å². The molecule has 0 spiro atoms. The number of hydrogen-bond donors (Lipinski definition) is 1. The molecular formula is C17H17ClF2N2O. The van der Waals surface area contributed by atoms with Crippen LogP contribution in [0.4, 0.5) is 14.5 Å². The van der Waals surface area contributed by atoms with Crippen molar-refractivity contribution in [1.29, 1.82) is 0 Å². The fourth-order valence-electron chi connectivity index (χ4n) is 2.09. The number of benzene rings is 2. The fraction of sp³-hybridized carbons (Fsp3) is 0.235. The molecule has 6 heteroatoms. The number of nitrogens with zero attached hydrogens (tertiary/aromatic N) is 1. The Balaban J connectivity index is 2.02. The van der Waals surface area contributed by atoms with Crippen molar-refractivity contribution in [2.75, 3.05) is 12.4 Å². The highest BCUT2D eigenvalue weighted by atomic mass is 35.5. The summed E-state index contributed by atoms with van der Waals surface area (Å²) in [6, 6.07) is 9.72. The molecule has 122 valence electrons. The predicted molar refractivity (Wildman–Crippen MR) is 87.4 cm³/mol. The summed E-state index contributed by atoms with van der Waals surface area (Å²) in [5, 5.41) is 3.03. The monoisotopic (exact) mass is 338 g/mol. The van der Waals surface area contributed by atoms with E-state index < -0.39 is 23.6 Å². The highest BCUT2D eigenvalue weighted by Gasteiger charge is 2.19. The molecular weight excluding hydrogens is 322 g/mol. The first-order chi connectivity index (χ1) is 10.9. The molecule has 3 nitrogen and oxygen atoms in total. The topological polar surface area (TPSA) is 32.3 Å². The van der Waals surface area contributed by atoms with Gasteiger partial charge < -0.3 is 5.32 Å². The first-order valence-corrected chi connectivity index (χ1v) is 7.45. The molecule has 23 heavy (non-hydrogen) atoms. The minimum absolute atomic E-state index is 0.169. The van der Waals surface area contributed by atoms with E-state index in [4.69, 9.17) is 11.6 Å². The van der Waals surface area contributed by atoms with E-state index in [2.05, 4.69) is 5.32 Å². The number of carbonyl (C=O) groups is 1. The largest absolute Gasteiger partial charge is 0.322 e. The Bertz CT molecular complexity index is 709. The van der Waals surface area contributed by atoms with E-state index in [1.165, 1.54) is 0 Å². The van der Waals surface area contributed by atoms with Gasteiger partial charge in [-0.2, -0.15) is 0 Å². The predicted octanol–water partition coefficient (Wildman–Crippen LogP) is 4.08. The van der Waals surface area contributed by atoms with E-state index in [1.54, 1.807) is 24.9 Å². The second-order valence-electron chi connectivity index (χ2n) is 5.33. The number of halogens is 3. The van der Waals surface area contributed by atoms with Gasteiger partial charge in [-0.1, -0.05) is 23.7 Å². The van der Waals surface area contributed by atoms with Crippen molar-refractivity contribution in [3.63, 3.8) is 0 Å². The first-order valence-electron chi connectivity index (χ1n) is 7.07. The molecule has 0 radical (unpaired) electrons. The smallest absolute Gasteiger partial charge is 0.241 e. The summed E-state index contributed by atoms with van der Waals surface area (Å²) in [4.78, 5) is 14.0. The van der Waals surface area contributed by atoms with Gasteiger partial charge in [0.05, 0.1) is 11.7 Å². The van der Waals surface area contributed by atoms with Crippen molar-refractivity contribution in [3.8, 4) is 0 Å². The van der Waals surface area contributed by atoms with Crippen LogP contribution in [0.3, 0.4) is 0 Å². The lowest BCUT2D eigenvalue weighted by Crippen LogP contribution is -2.39. The van der Waals surface area contributed by atoms with E-state index in [9.17, 15) is 13.6 Å². The Hall–Kier alpha value is -1.98. The quantitative estimate of drug-likeness (QED) is 0.891. The number of nitrogens with one attached hydrogen (secondary N) is 1. The van der Waals surface area contributed by atoms with Crippen LogP contribution < -0.4 is 5.32 Å². The van der Waals surface area contributed by atoms with Crippen LogP contribution in [0.2, 0.25) is 5.02 Å². The molecule has 1 unspecified atom stereocenters. The van der Waals surface area contributed by atoms with E-state index in [0.29, 0.717) is 11.6 Å². The van der Waals surface area contributed by atoms with Gasteiger partial charge in [0.1, 0.15) is 11.6 Å². The summed E-state index contributed by atoms with van der Waals surface area (Å²) in [5.74, 6) is -1.70. The lowest BCUT2D eigenvalue weighted by atomic mass is 10.2. The molecule has 1 atom stereocenters. The molecule has 1 N–H and O–H groups in total. The second-order valence-corrected chi connectivity index (χ2v) is 5.77. The van der Waals surface area contributed by atoms with Gasteiger partial charge in [-0.25, -0.2) is 8.78 Å². The minimum Gasteiger partial charge on any atom is -0.322 e. The third kappa shape index (κ3) is 4.74. The SMILES string of the molecule is CC(C(=O)Nc1cc(F)ccc1F)N(C)Cc1cccc(Cl)c1. The highest BCUT2D eigenvalue weighted by molar-refractivity contribution is 6.30. The van der Waals surface area contributed by atoms with Crippen LogP contribution in [-0.4, -0.2) is 23.9 Å². The van der Waals surface area contributed by atoms with E-state index in [-0.39, 0.29) is 5.69 Å². The Morgan fingerprint density at radius 3 is 2.70 bits per heavy atom. The molecule has 0 fully saturated rings. The Morgan fingerprint density at radius 2 is 2.00 bits per heavy atom. The van der Waals surface area contributed by atoms with Gasteiger partial charge in [0.15, 0.2) is 0 Å². The number of rotatable bonds is 5. The lowest BCUT2D eigenvalue weighted by Gasteiger charge is -2.24. The summed E-state index contributed by atoms with van der Waals surface area (Å²) in [5.41, 5.74) is 0.787. The average molecular weight is 339 g/mol. The zero-order chi connectivity index (χ0) is 17.0. The molecule has 0 aliphatic rings. The number of likely N-dealkylation sites (N-methyl/N-ethyl adjacent to an activating group) is 1. The summed E-state index contributed by atoms with van der Waals surface area (Å²) < 4.78 is 26.7. The molecule has 0 heterocycles. The van der Waals surface area contributed by atoms with Crippen molar-refractivity contribution in [2.45, 2.75) is 19.5 Å². The number of hydrogen-bond acceptors (Lipinski definition) is 2. The van der Waals surface area contributed by atoms with Gasteiger partial charge in [-0.15, -0.1) is 0 Å². The molecule has 2 aromatic rings. The van der Waals surface area contributed by atoms with Gasteiger partial charge >= 0.3 is 0 Å². The molecule has 0 bridgehead atoms. The maximum absolute atomic E-state index is 13.6. The van der Waals surface area contributed by atoms with E-state index in [1.807, 2.05) is 18.2 Å². The van der Waals surface area contributed by atoms with Crippen molar-refractivity contribution in [2.24, 2.45) is 0 Å². The van der Waals surface area contributed by atoms with Crippen LogP contribution in [0.5, 0.6) is 0 Å². The van der Waals surface area contributed by atoms with Gasteiger partial charge in [0.25, 0.3) is 0 Å². The number of carbonyl (C=O) groups excluding carboxylic acids is 1. The fourth-order valence-corrected chi connectivity index (χ4v) is 2.30. The van der Waals surface area contributed by atoms with Crippen molar-refractivity contribution < 1.29 is 13.6 Å². The normalized spacial score (nSPS) is 12.3. The molecule has 0 aromatic heterocycles. The lowest BCUT2D eigenvalue weighted by molar-refractivity contribution is -0.120. The standard InChI is InChI=1S/C17H17ClF2N2O/c1-11(22(2)10-12-4-3-5-13(18)8-12)17(23)21-16-9-14(19)6-7-15(16)20/h3-9,11H,10H2,1-2H3,(H,21,23). The molecule has 0 aliphatic carbocycles. The van der Waals surface area contributed by atoms with Crippen LogP contribution in [-0.2, 0) is 11.3 Å². The van der Waals surface area contributed by atoms with Crippen molar-refractivity contribution in [1.82, 2.24) is 4.90 Å². The zero-order valence-corrected chi connectivity index (χ0v) is 13.6. The Labute approximate surface area is 138 Å². The minimum atomic E-state index is -0.676. The van der Waals surface area contributed by atoms with E-state index >= 15 is 0 Å². The molecule has 2 aromatic carbocycles. The molecule has 0 saturated heterocycles. The molecule has 0 aliphatic heterocycles. The maximum Gasteiger partial charge on any atom is 0.241 e. The van der Waals surface area contributed by atoms with Gasteiger partial charge in [0.2, 0.25) is 5.91 Å². The average Bonchev–Trinajstić information content (AvgIpc) is 2.50. The zero-order valence-electron chi connectivity index (χ0n) is 12.8. The summed E-state index contributed by atoms with van der Waals surface area (Å²) in [6.45, 7) is 2.19. The first kappa shape index (κ1) is 17.4.